The molecule has 1 N–H and O–H groups in total. The Balaban J connectivity index is 2.46. The Bertz CT molecular complexity index is 600. The third kappa shape index (κ3) is 4.02. The SMILES string of the molecule is CCCNC(c1cc(Cl)ccc1I)c1cc(Cl)sc1Cl. The first-order valence-electron chi connectivity index (χ1n) is 6.16. The smallest absolute Gasteiger partial charge is 0.0995 e. The molecule has 0 radical (unpaired) electrons. The normalized spacial score (nSPS) is 12.7. The topological polar surface area (TPSA) is 12.0 Å². The summed E-state index contributed by atoms with van der Waals surface area (Å²) in [5.74, 6) is 0. The van der Waals surface area contributed by atoms with E-state index >= 15 is 0 Å². The van der Waals surface area contributed by atoms with Crippen molar-refractivity contribution in [3.63, 3.8) is 0 Å². The van der Waals surface area contributed by atoms with Crippen LogP contribution in [0.2, 0.25) is 13.7 Å². The fraction of sp³-hybridized carbons (Fsp3) is 0.286. The maximum absolute atomic E-state index is 6.32. The summed E-state index contributed by atoms with van der Waals surface area (Å²) in [6.07, 6.45) is 1.04. The first kappa shape index (κ1) is 16.8. The van der Waals surface area contributed by atoms with E-state index < -0.39 is 0 Å². The lowest BCUT2D eigenvalue weighted by atomic mass is 10.0. The number of nitrogens with one attached hydrogen (secondary N) is 1. The predicted molar refractivity (Wildman–Crippen MR) is 98.6 cm³/mol. The Labute approximate surface area is 151 Å². The lowest BCUT2D eigenvalue weighted by Gasteiger charge is -2.20. The van der Waals surface area contributed by atoms with Crippen LogP contribution in [0.3, 0.4) is 0 Å². The summed E-state index contributed by atoms with van der Waals surface area (Å²) in [6, 6.07) is 7.83. The molecule has 0 aliphatic carbocycles. The molecule has 2 rings (SSSR count). The molecule has 1 aromatic carbocycles. The van der Waals surface area contributed by atoms with E-state index in [-0.39, 0.29) is 6.04 Å². The van der Waals surface area contributed by atoms with Crippen molar-refractivity contribution in [3.8, 4) is 0 Å². The van der Waals surface area contributed by atoms with Crippen LogP contribution in [0.25, 0.3) is 0 Å². The molecular formula is C14H13Cl3INS. The minimum atomic E-state index is 0.0109. The third-order valence-electron chi connectivity index (χ3n) is 2.86. The molecule has 0 fully saturated rings. The van der Waals surface area contributed by atoms with Gasteiger partial charge in [-0.15, -0.1) is 11.3 Å². The van der Waals surface area contributed by atoms with Gasteiger partial charge < -0.3 is 5.32 Å². The Morgan fingerprint density at radius 1 is 1.20 bits per heavy atom. The second kappa shape index (κ2) is 7.65. The number of hydrogen-bond donors (Lipinski definition) is 1. The van der Waals surface area contributed by atoms with E-state index in [0.717, 1.165) is 37.0 Å². The molecule has 20 heavy (non-hydrogen) atoms. The van der Waals surface area contributed by atoms with Gasteiger partial charge in [-0.25, -0.2) is 0 Å². The van der Waals surface area contributed by atoms with Crippen LogP contribution in [0.15, 0.2) is 24.3 Å². The molecular weight excluding hydrogens is 447 g/mol. The summed E-state index contributed by atoms with van der Waals surface area (Å²) >= 11 is 22.2. The molecule has 1 unspecified atom stereocenters. The van der Waals surface area contributed by atoms with Crippen LogP contribution in [0.4, 0.5) is 0 Å². The molecule has 0 aliphatic heterocycles. The van der Waals surface area contributed by atoms with E-state index in [1.165, 1.54) is 11.3 Å². The molecule has 6 heteroatoms. The van der Waals surface area contributed by atoms with Gasteiger partial charge in [0.25, 0.3) is 0 Å². The summed E-state index contributed by atoms with van der Waals surface area (Å²) < 4.78 is 2.57. The van der Waals surface area contributed by atoms with Gasteiger partial charge in [-0.3, -0.25) is 0 Å². The van der Waals surface area contributed by atoms with Crippen LogP contribution in [0.1, 0.15) is 30.5 Å². The third-order valence-corrected chi connectivity index (χ3v) is 5.60. The summed E-state index contributed by atoms with van der Waals surface area (Å²) in [4.78, 5) is 0. The zero-order valence-corrected chi connectivity index (χ0v) is 16.0. The molecule has 0 saturated heterocycles. The molecule has 0 saturated carbocycles. The second-order valence-electron chi connectivity index (χ2n) is 4.33. The van der Waals surface area contributed by atoms with Crippen LogP contribution in [-0.2, 0) is 0 Å². The Morgan fingerprint density at radius 3 is 2.55 bits per heavy atom. The number of benzene rings is 1. The molecule has 0 amide bonds. The van der Waals surface area contributed by atoms with Gasteiger partial charge in [0.2, 0.25) is 0 Å². The molecule has 1 heterocycles. The van der Waals surface area contributed by atoms with Crippen LogP contribution >= 0.6 is 68.7 Å². The van der Waals surface area contributed by atoms with Crippen molar-refractivity contribution in [1.82, 2.24) is 5.32 Å². The van der Waals surface area contributed by atoms with Gasteiger partial charge >= 0.3 is 0 Å². The zero-order valence-electron chi connectivity index (χ0n) is 10.7. The predicted octanol–water partition coefficient (Wildman–Crippen LogP) is 6.40. The fourth-order valence-corrected chi connectivity index (χ4v) is 4.32. The first-order valence-corrected chi connectivity index (χ1v) is 9.19. The van der Waals surface area contributed by atoms with Gasteiger partial charge in [0, 0.05) is 14.2 Å². The molecule has 1 nitrogen and oxygen atoms in total. The first-order chi connectivity index (χ1) is 9.52. The number of halogens is 4. The highest BCUT2D eigenvalue weighted by atomic mass is 127. The number of thiophene rings is 1. The van der Waals surface area contributed by atoms with Crippen molar-refractivity contribution in [3.05, 3.63) is 52.7 Å². The Morgan fingerprint density at radius 2 is 1.95 bits per heavy atom. The van der Waals surface area contributed by atoms with Crippen molar-refractivity contribution in [2.75, 3.05) is 6.54 Å². The van der Waals surface area contributed by atoms with Crippen molar-refractivity contribution in [2.45, 2.75) is 19.4 Å². The largest absolute Gasteiger partial charge is 0.306 e. The standard InChI is InChI=1S/C14H13Cl3INS/c1-2-5-19-13(10-7-12(16)20-14(10)17)9-6-8(15)3-4-11(9)18/h3-4,6-7,13,19H,2,5H2,1H3. The summed E-state index contributed by atoms with van der Waals surface area (Å²) in [7, 11) is 0. The second-order valence-corrected chi connectivity index (χ2v) is 8.22. The van der Waals surface area contributed by atoms with Crippen molar-refractivity contribution in [2.24, 2.45) is 0 Å². The molecule has 0 aliphatic rings. The van der Waals surface area contributed by atoms with Crippen molar-refractivity contribution >= 4 is 68.7 Å². The van der Waals surface area contributed by atoms with Crippen LogP contribution in [0, 0.1) is 3.57 Å². The van der Waals surface area contributed by atoms with Gasteiger partial charge in [0.1, 0.15) is 0 Å². The molecule has 0 spiro atoms. The molecule has 1 atom stereocenters. The lowest BCUT2D eigenvalue weighted by molar-refractivity contribution is 0.598. The fourth-order valence-electron chi connectivity index (χ4n) is 1.96. The van der Waals surface area contributed by atoms with Crippen LogP contribution < -0.4 is 5.32 Å². The van der Waals surface area contributed by atoms with E-state index in [2.05, 4.69) is 34.8 Å². The van der Waals surface area contributed by atoms with E-state index in [1.807, 2.05) is 24.3 Å². The number of hydrogen-bond acceptors (Lipinski definition) is 2. The average molecular weight is 461 g/mol. The minimum Gasteiger partial charge on any atom is -0.306 e. The van der Waals surface area contributed by atoms with Crippen LogP contribution in [0.5, 0.6) is 0 Å². The summed E-state index contributed by atoms with van der Waals surface area (Å²) in [6.45, 7) is 3.03. The maximum atomic E-state index is 6.32. The van der Waals surface area contributed by atoms with Gasteiger partial charge in [0.05, 0.1) is 14.7 Å². The van der Waals surface area contributed by atoms with E-state index in [4.69, 9.17) is 34.8 Å². The average Bonchev–Trinajstić information content (AvgIpc) is 2.73. The highest BCUT2D eigenvalue weighted by molar-refractivity contribution is 14.1. The van der Waals surface area contributed by atoms with E-state index in [0.29, 0.717) is 4.34 Å². The van der Waals surface area contributed by atoms with Gasteiger partial charge in [-0.2, -0.15) is 0 Å². The zero-order chi connectivity index (χ0) is 14.7. The number of rotatable bonds is 5. The van der Waals surface area contributed by atoms with Crippen LogP contribution in [-0.4, -0.2) is 6.54 Å². The molecule has 1 aromatic heterocycles. The highest BCUT2D eigenvalue weighted by Crippen LogP contribution is 2.39. The van der Waals surface area contributed by atoms with Gasteiger partial charge in [0.15, 0.2) is 0 Å². The molecule has 2 aromatic rings. The molecule has 0 bridgehead atoms. The van der Waals surface area contributed by atoms with Crippen molar-refractivity contribution < 1.29 is 0 Å². The lowest BCUT2D eigenvalue weighted by Crippen LogP contribution is -2.23. The Kier molecular flexibility index (Phi) is 6.45. The monoisotopic (exact) mass is 459 g/mol. The van der Waals surface area contributed by atoms with E-state index in [9.17, 15) is 0 Å². The summed E-state index contributed by atoms with van der Waals surface area (Å²) in [5, 5.41) is 4.25. The quantitative estimate of drug-likeness (QED) is 0.509. The van der Waals surface area contributed by atoms with Gasteiger partial charge in [-0.1, -0.05) is 41.7 Å². The van der Waals surface area contributed by atoms with E-state index in [1.54, 1.807) is 0 Å². The molecule has 108 valence electrons. The highest BCUT2D eigenvalue weighted by Gasteiger charge is 2.21. The minimum absolute atomic E-state index is 0.0109. The van der Waals surface area contributed by atoms with Gasteiger partial charge in [-0.05, 0) is 65.4 Å². The van der Waals surface area contributed by atoms with Crippen molar-refractivity contribution in [1.29, 1.82) is 0 Å². The Hall–Kier alpha value is 0.480. The maximum Gasteiger partial charge on any atom is 0.0995 e. The summed E-state index contributed by atoms with van der Waals surface area (Å²) in [5.41, 5.74) is 2.14.